The monoisotopic (exact) mass is 342 g/mol. The van der Waals surface area contributed by atoms with E-state index in [0.29, 0.717) is 31.3 Å². The van der Waals surface area contributed by atoms with Crippen molar-refractivity contribution in [2.45, 2.75) is 32.1 Å². The lowest BCUT2D eigenvalue weighted by Crippen LogP contribution is -2.33. The number of hydrogen-bond acceptors (Lipinski definition) is 5. The van der Waals surface area contributed by atoms with E-state index in [-0.39, 0.29) is 12.0 Å². The van der Waals surface area contributed by atoms with E-state index in [1.165, 1.54) is 0 Å². The fourth-order valence-electron chi connectivity index (χ4n) is 2.67. The fourth-order valence-corrected chi connectivity index (χ4v) is 2.67. The molecular formula is C19H22N2O4. The maximum absolute atomic E-state index is 12.0. The Morgan fingerprint density at radius 1 is 1.32 bits per heavy atom. The van der Waals surface area contributed by atoms with Crippen molar-refractivity contribution >= 4 is 5.91 Å². The Kier molecular flexibility index (Phi) is 5.85. The Labute approximate surface area is 147 Å². The van der Waals surface area contributed by atoms with Crippen LogP contribution < -0.4 is 14.8 Å². The number of rotatable bonds is 7. The molecule has 0 aliphatic carbocycles. The van der Waals surface area contributed by atoms with Crippen LogP contribution in [0.2, 0.25) is 0 Å². The molecule has 132 valence electrons. The molecule has 2 heterocycles. The van der Waals surface area contributed by atoms with Gasteiger partial charge in [0.2, 0.25) is 5.91 Å². The largest absolute Gasteiger partial charge is 0.493 e. The molecule has 1 aliphatic heterocycles. The summed E-state index contributed by atoms with van der Waals surface area (Å²) in [6.07, 6.45) is 4.90. The van der Waals surface area contributed by atoms with Gasteiger partial charge in [-0.3, -0.25) is 9.78 Å². The SMILES string of the molecule is COc1cc(CNC(=O)C2CCCO2)ccc1OCc1cccnc1. The zero-order chi connectivity index (χ0) is 17.5. The summed E-state index contributed by atoms with van der Waals surface area (Å²) in [7, 11) is 1.60. The summed E-state index contributed by atoms with van der Waals surface area (Å²) in [5.41, 5.74) is 1.93. The molecular weight excluding hydrogens is 320 g/mol. The predicted molar refractivity (Wildman–Crippen MR) is 92.4 cm³/mol. The van der Waals surface area contributed by atoms with Crippen molar-refractivity contribution in [2.75, 3.05) is 13.7 Å². The second-order valence-electron chi connectivity index (χ2n) is 5.85. The number of ether oxygens (including phenoxy) is 3. The first-order chi connectivity index (χ1) is 12.3. The summed E-state index contributed by atoms with van der Waals surface area (Å²) in [5.74, 6) is 1.22. The minimum absolute atomic E-state index is 0.0617. The molecule has 6 heteroatoms. The Hall–Kier alpha value is -2.60. The number of nitrogens with zero attached hydrogens (tertiary/aromatic N) is 1. The van der Waals surface area contributed by atoms with Gasteiger partial charge >= 0.3 is 0 Å². The molecule has 1 aromatic carbocycles. The minimum atomic E-state index is -0.316. The summed E-state index contributed by atoms with van der Waals surface area (Å²) in [4.78, 5) is 16.1. The standard InChI is InChI=1S/C19H22N2O4/c1-23-18-10-14(12-21-19(22)17-5-3-9-24-17)6-7-16(18)25-13-15-4-2-8-20-11-15/h2,4,6-8,10-11,17H,3,5,9,12-13H2,1H3,(H,21,22). The normalized spacial score (nSPS) is 16.4. The predicted octanol–water partition coefficient (Wildman–Crippen LogP) is 2.46. The van der Waals surface area contributed by atoms with Crippen LogP contribution >= 0.6 is 0 Å². The number of pyridine rings is 1. The van der Waals surface area contributed by atoms with Gasteiger partial charge in [0.15, 0.2) is 11.5 Å². The Morgan fingerprint density at radius 3 is 2.96 bits per heavy atom. The Bertz CT molecular complexity index is 700. The Balaban J connectivity index is 1.58. The molecule has 2 aromatic rings. The van der Waals surface area contributed by atoms with Gasteiger partial charge in [-0.1, -0.05) is 12.1 Å². The quantitative estimate of drug-likeness (QED) is 0.837. The molecule has 1 aliphatic rings. The number of aromatic nitrogens is 1. The molecule has 6 nitrogen and oxygen atoms in total. The molecule has 1 amide bonds. The van der Waals surface area contributed by atoms with Gasteiger partial charge in [0.05, 0.1) is 7.11 Å². The topological polar surface area (TPSA) is 69.7 Å². The highest BCUT2D eigenvalue weighted by molar-refractivity contribution is 5.80. The molecule has 0 saturated carbocycles. The van der Waals surface area contributed by atoms with E-state index in [4.69, 9.17) is 14.2 Å². The smallest absolute Gasteiger partial charge is 0.249 e. The second-order valence-corrected chi connectivity index (χ2v) is 5.85. The van der Waals surface area contributed by atoms with E-state index in [1.807, 2.05) is 30.3 Å². The van der Waals surface area contributed by atoms with Crippen LogP contribution in [0.5, 0.6) is 11.5 Å². The number of nitrogens with one attached hydrogen (secondary N) is 1. The number of carbonyl (C=O) groups is 1. The first kappa shape index (κ1) is 17.2. The summed E-state index contributed by atoms with van der Waals surface area (Å²) in [6, 6.07) is 9.46. The molecule has 1 fully saturated rings. The molecule has 1 unspecified atom stereocenters. The van der Waals surface area contributed by atoms with Crippen molar-refractivity contribution in [3.05, 3.63) is 53.9 Å². The molecule has 1 N–H and O–H groups in total. The van der Waals surface area contributed by atoms with Crippen LogP contribution in [0.1, 0.15) is 24.0 Å². The highest BCUT2D eigenvalue weighted by atomic mass is 16.5. The van der Waals surface area contributed by atoms with Crippen molar-refractivity contribution in [1.82, 2.24) is 10.3 Å². The van der Waals surface area contributed by atoms with Crippen molar-refractivity contribution in [3.63, 3.8) is 0 Å². The van der Waals surface area contributed by atoms with E-state index >= 15 is 0 Å². The highest BCUT2D eigenvalue weighted by Crippen LogP contribution is 2.28. The molecule has 0 spiro atoms. The van der Waals surface area contributed by atoms with Gasteiger partial charge < -0.3 is 19.5 Å². The van der Waals surface area contributed by atoms with Crippen LogP contribution in [0.3, 0.4) is 0 Å². The van der Waals surface area contributed by atoms with Gasteiger partial charge in [-0.05, 0) is 36.6 Å². The summed E-state index contributed by atoms with van der Waals surface area (Å²) in [5, 5.41) is 2.90. The highest BCUT2D eigenvalue weighted by Gasteiger charge is 2.23. The van der Waals surface area contributed by atoms with E-state index < -0.39 is 0 Å². The van der Waals surface area contributed by atoms with Crippen molar-refractivity contribution in [2.24, 2.45) is 0 Å². The average molecular weight is 342 g/mol. The third-order valence-corrected chi connectivity index (χ3v) is 4.03. The number of carbonyl (C=O) groups excluding carboxylic acids is 1. The zero-order valence-corrected chi connectivity index (χ0v) is 14.2. The minimum Gasteiger partial charge on any atom is -0.493 e. The lowest BCUT2D eigenvalue weighted by atomic mass is 10.2. The number of methoxy groups -OCH3 is 1. The van der Waals surface area contributed by atoms with Crippen LogP contribution in [-0.2, 0) is 22.7 Å². The van der Waals surface area contributed by atoms with Crippen molar-refractivity contribution < 1.29 is 19.0 Å². The van der Waals surface area contributed by atoms with Crippen LogP contribution in [0.4, 0.5) is 0 Å². The van der Waals surface area contributed by atoms with Gasteiger partial charge in [-0.2, -0.15) is 0 Å². The van der Waals surface area contributed by atoms with Crippen LogP contribution in [0.25, 0.3) is 0 Å². The zero-order valence-electron chi connectivity index (χ0n) is 14.2. The molecule has 1 aromatic heterocycles. The number of benzene rings is 1. The molecule has 1 atom stereocenters. The molecule has 3 rings (SSSR count). The van der Waals surface area contributed by atoms with Crippen LogP contribution in [0.15, 0.2) is 42.7 Å². The van der Waals surface area contributed by atoms with E-state index in [1.54, 1.807) is 19.5 Å². The van der Waals surface area contributed by atoms with Gasteiger partial charge in [-0.25, -0.2) is 0 Å². The van der Waals surface area contributed by atoms with Crippen LogP contribution in [-0.4, -0.2) is 30.7 Å². The third-order valence-electron chi connectivity index (χ3n) is 4.03. The van der Waals surface area contributed by atoms with E-state index in [2.05, 4.69) is 10.3 Å². The van der Waals surface area contributed by atoms with E-state index in [9.17, 15) is 4.79 Å². The first-order valence-corrected chi connectivity index (χ1v) is 8.34. The van der Waals surface area contributed by atoms with Crippen molar-refractivity contribution in [3.8, 4) is 11.5 Å². The lowest BCUT2D eigenvalue weighted by Gasteiger charge is -2.14. The van der Waals surface area contributed by atoms with E-state index in [0.717, 1.165) is 24.0 Å². The van der Waals surface area contributed by atoms with Gasteiger partial charge in [-0.15, -0.1) is 0 Å². The fraction of sp³-hybridized carbons (Fsp3) is 0.368. The summed E-state index contributed by atoms with van der Waals surface area (Å²) < 4.78 is 16.6. The molecule has 25 heavy (non-hydrogen) atoms. The second kappa shape index (κ2) is 8.48. The maximum Gasteiger partial charge on any atom is 0.249 e. The molecule has 1 saturated heterocycles. The number of amides is 1. The average Bonchev–Trinajstić information content (AvgIpc) is 3.20. The molecule has 0 radical (unpaired) electrons. The van der Waals surface area contributed by atoms with Crippen molar-refractivity contribution in [1.29, 1.82) is 0 Å². The summed E-state index contributed by atoms with van der Waals surface area (Å²) in [6.45, 7) is 1.51. The lowest BCUT2D eigenvalue weighted by molar-refractivity contribution is -0.130. The summed E-state index contributed by atoms with van der Waals surface area (Å²) >= 11 is 0. The maximum atomic E-state index is 12.0. The van der Waals surface area contributed by atoms with Gasteiger partial charge in [0.25, 0.3) is 0 Å². The Morgan fingerprint density at radius 2 is 2.24 bits per heavy atom. The van der Waals surface area contributed by atoms with Gasteiger partial charge in [0.1, 0.15) is 12.7 Å². The molecule has 0 bridgehead atoms. The van der Waals surface area contributed by atoms with Gasteiger partial charge in [0, 0.05) is 31.1 Å². The number of hydrogen-bond donors (Lipinski definition) is 1. The van der Waals surface area contributed by atoms with Crippen LogP contribution in [0, 0.1) is 0 Å². The third kappa shape index (κ3) is 4.70. The first-order valence-electron chi connectivity index (χ1n) is 8.34.